The molecule has 0 heterocycles. The SMILES string of the molecule is CCCNCCN(C)CCCC(C)C. The molecule has 0 amide bonds. The van der Waals surface area contributed by atoms with Crippen LogP contribution in [-0.2, 0) is 0 Å². The molecule has 0 aromatic heterocycles. The van der Waals surface area contributed by atoms with Crippen molar-refractivity contribution in [2.75, 3.05) is 33.2 Å². The molecule has 2 nitrogen and oxygen atoms in total. The summed E-state index contributed by atoms with van der Waals surface area (Å²) in [5.41, 5.74) is 0. The summed E-state index contributed by atoms with van der Waals surface area (Å²) in [6.07, 6.45) is 3.92. The molecule has 0 bridgehead atoms. The van der Waals surface area contributed by atoms with E-state index < -0.39 is 0 Å². The van der Waals surface area contributed by atoms with Crippen LogP contribution in [0.5, 0.6) is 0 Å². The molecule has 14 heavy (non-hydrogen) atoms. The number of nitrogens with one attached hydrogen (secondary N) is 1. The van der Waals surface area contributed by atoms with Gasteiger partial charge < -0.3 is 10.2 Å². The lowest BCUT2D eigenvalue weighted by molar-refractivity contribution is 0.316. The van der Waals surface area contributed by atoms with Crippen LogP contribution in [-0.4, -0.2) is 38.1 Å². The number of nitrogens with zero attached hydrogens (tertiary/aromatic N) is 1. The topological polar surface area (TPSA) is 15.3 Å². The standard InChI is InChI=1S/C12H28N2/c1-5-8-13-9-11-14(4)10-6-7-12(2)3/h12-13H,5-11H2,1-4H3. The Morgan fingerprint density at radius 1 is 1.14 bits per heavy atom. The lowest BCUT2D eigenvalue weighted by atomic mass is 10.1. The summed E-state index contributed by atoms with van der Waals surface area (Å²) in [6.45, 7) is 11.5. The Morgan fingerprint density at radius 2 is 1.86 bits per heavy atom. The second kappa shape index (κ2) is 9.47. The quantitative estimate of drug-likeness (QED) is 0.575. The van der Waals surface area contributed by atoms with Gasteiger partial charge in [0.15, 0.2) is 0 Å². The Hall–Kier alpha value is -0.0800. The number of hydrogen-bond acceptors (Lipinski definition) is 2. The fourth-order valence-electron chi connectivity index (χ4n) is 1.45. The van der Waals surface area contributed by atoms with E-state index in [0.29, 0.717) is 0 Å². The van der Waals surface area contributed by atoms with E-state index >= 15 is 0 Å². The van der Waals surface area contributed by atoms with Crippen molar-refractivity contribution in [2.45, 2.75) is 40.0 Å². The highest BCUT2D eigenvalue weighted by molar-refractivity contribution is 4.56. The third-order valence-corrected chi connectivity index (χ3v) is 2.42. The van der Waals surface area contributed by atoms with Crippen LogP contribution in [0, 0.1) is 5.92 Å². The Kier molecular flexibility index (Phi) is 9.42. The lowest BCUT2D eigenvalue weighted by Gasteiger charge is -2.17. The number of likely N-dealkylation sites (N-methyl/N-ethyl adjacent to an activating group) is 1. The van der Waals surface area contributed by atoms with Crippen LogP contribution >= 0.6 is 0 Å². The van der Waals surface area contributed by atoms with Crippen molar-refractivity contribution in [1.82, 2.24) is 10.2 Å². The van der Waals surface area contributed by atoms with Gasteiger partial charge in [-0.25, -0.2) is 0 Å². The summed E-state index contributed by atoms with van der Waals surface area (Å²) in [7, 11) is 2.22. The van der Waals surface area contributed by atoms with E-state index in [1.54, 1.807) is 0 Å². The lowest BCUT2D eigenvalue weighted by Crippen LogP contribution is -2.30. The first kappa shape index (κ1) is 13.9. The summed E-state index contributed by atoms with van der Waals surface area (Å²) >= 11 is 0. The third kappa shape index (κ3) is 10.0. The summed E-state index contributed by atoms with van der Waals surface area (Å²) in [5.74, 6) is 0.849. The van der Waals surface area contributed by atoms with Crippen molar-refractivity contribution in [2.24, 2.45) is 5.92 Å². The molecule has 0 aliphatic carbocycles. The molecule has 0 spiro atoms. The smallest absolute Gasteiger partial charge is 0.0104 e. The van der Waals surface area contributed by atoms with Gasteiger partial charge in [-0.3, -0.25) is 0 Å². The molecule has 0 saturated heterocycles. The fourth-order valence-corrected chi connectivity index (χ4v) is 1.45. The summed E-state index contributed by atoms with van der Waals surface area (Å²) in [4.78, 5) is 2.42. The second-order valence-electron chi connectivity index (χ2n) is 4.59. The molecule has 2 heteroatoms. The maximum atomic E-state index is 3.42. The number of hydrogen-bond donors (Lipinski definition) is 1. The molecule has 0 unspecified atom stereocenters. The zero-order valence-electron chi connectivity index (χ0n) is 10.5. The predicted octanol–water partition coefficient (Wildman–Crippen LogP) is 2.35. The van der Waals surface area contributed by atoms with E-state index in [-0.39, 0.29) is 0 Å². The average Bonchev–Trinajstić information content (AvgIpc) is 2.12. The molecule has 1 N–H and O–H groups in total. The summed E-state index contributed by atoms with van der Waals surface area (Å²) < 4.78 is 0. The van der Waals surface area contributed by atoms with Crippen LogP contribution in [0.3, 0.4) is 0 Å². The predicted molar refractivity (Wildman–Crippen MR) is 64.7 cm³/mol. The molecular weight excluding hydrogens is 172 g/mol. The molecular formula is C12H28N2. The monoisotopic (exact) mass is 200 g/mol. The molecule has 0 radical (unpaired) electrons. The molecule has 0 fully saturated rings. The molecule has 0 saturated carbocycles. The van der Waals surface area contributed by atoms with E-state index in [9.17, 15) is 0 Å². The van der Waals surface area contributed by atoms with Gasteiger partial charge in [0.2, 0.25) is 0 Å². The second-order valence-corrected chi connectivity index (χ2v) is 4.59. The van der Waals surface area contributed by atoms with Crippen molar-refractivity contribution >= 4 is 0 Å². The fraction of sp³-hybridized carbons (Fsp3) is 1.00. The van der Waals surface area contributed by atoms with Gasteiger partial charge in [-0.2, -0.15) is 0 Å². The van der Waals surface area contributed by atoms with E-state index in [1.165, 1.54) is 32.4 Å². The third-order valence-electron chi connectivity index (χ3n) is 2.42. The highest BCUT2D eigenvalue weighted by Gasteiger charge is 1.98. The maximum absolute atomic E-state index is 3.42. The zero-order chi connectivity index (χ0) is 10.8. The maximum Gasteiger partial charge on any atom is 0.0104 e. The minimum atomic E-state index is 0.849. The van der Waals surface area contributed by atoms with Crippen molar-refractivity contribution in [3.8, 4) is 0 Å². The minimum Gasteiger partial charge on any atom is -0.315 e. The van der Waals surface area contributed by atoms with Gasteiger partial charge in [0.05, 0.1) is 0 Å². The molecule has 0 rings (SSSR count). The highest BCUT2D eigenvalue weighted by atomic mass is 15.1. The van der Waals surface area contributed by atoms with Gasteiger partial charge in [0.25, 0.3) is 0 Å². The Bertz CT molecular complexity index is 113. The van der Waals surface area contributed by atoms with Crippen LogP contribution in [0.2, 0.25) is 0 Å². The van der Waals surface area contributed by atoms with Crippen molar-refractivity contribution < 1.29 is 0 Å². The van der Waals surface area contributed by atoms with Crippen molar-refractivity contribution in [3.63, 3.8) is 0 Å². The minimum absolute atomic E-state index is 0.849. The van der Waals surface area contributed by atoms with Crippen LogP contribution in [0.25, 0.3) is 0 Å². The first-order chi connectivity index (χ1) is 6.66. The van der Waals surface area contributed by atoms with Gasteiger partial charge in [-0.05, 0) is 45.3 Å². The zero-order valence-corrected chi connectivity index (χ0v) is 10.5. The van der Waals surface area contributed by atoms with Crippen molar-refractivity contribution in [3.05, 3.63) is 0 Å². The Morgan fingerprint density at radius 3 is 2.43 bits per heavy atom. The van der Waals surface area contributed by atoms with E-state index in [1.807, 2.05) is 0 Å². The average molecular weight is 200 g/mol. The van der Waals surface area contributed by atoms with Gasteiger partial charge >= 0.3 is 0 Å². The largest absolute Gasteiger partial charge is 0.315 e. The van der Waals surface area contributed by atoms with Crippen LogP contribution in [0.1, 0.15) is 40.0 Å². The van der Waals surface area contributed by atoms with Crippen LogP contribution in [0.4, 0.5) is 0 Å². The summed E-state index contributed by atoms with van der Waals surface area (Å²) in [5, 5.41) is 3.42. The molecule has 0 atom stereocenters. The van der Waals surface area contributed by atoms with Gasteiger partial charge in [0, 0.05) is 13.1 Å². The highest BCUT2D eigenvalue weighted by Crippen LogP contribution is 2.03. The van der Waals surface area contributed by atoms with Crippen molar-refractivity contribution in [1.29, 1.82) is 0 Å². The van der Waals surface area contributed by atoms with Crippen LogP contribution in [0.15, 0.2) is 0 Å². The first-order valence-corrected chi connectivity index (χ1v) is 6.06. The number of rotatable bonds is 9. The molecule has 86 valence electrons. The molecule has 0 aromatic carbocycles. The van der Waals surface area contributed by atoms with Gasteiger partial charge in [0.1, 0.15) is 0 Å². The molecule has 0 aromatic rings. The summed E-state index contributed by atoms with van der Waals surface area (Å²) in [6, 6.07) is 0. The normalized spacial score (nSPS) is 11.6. The molecule has 0 aliphatic heterocycles. The first-order valence-electron chi connectivity index (χ1n) is 6.06. The van der Waals surface area contributed by atoms with Gasteiger partial charge in [-0.1, -0.05) is 20.8 Å². The Balaban J connectivity index is 3.15. The molecule has 0 aliphatic rings. The van der Waals surface area contributed by atoms with Crippen LogP contribution < -0.4 is 5.32 Å². The van der Waals surface area contributed by atoms with E-state index in [0.717, 1.165) is 19.0 Å². The van der Waals surface area contributed by atoms with E-state index in [4.69, 9.17) is 0 Å². The van der Waals surface area contributed by atoms with E-state index in [2.05, 4.69) is 38.0 Å². The Labute approximate surface area is 90.1 Å². The van der Waals surface area contributed by atoms with Gasteiger partial charge in [-0.15, -0.1) is 0 Å².